The molecular weight excluding hydrogens is 312 g/mol. The largest absolute Gasteiger partial charge is 0.263 e. The first-order valence-corrected chi connectivity index (χ1v) is 8.92. The second kappa shape index (κ2) is 5.80. The van der Waals surface area contributed by atoms with Crippen LogP contribution in [0.1, 0.15) is 18.9 Å². The number of rotatable bonds is 5. The molecule has 1 saturated heterocycles. The highest BCUT2D eigenvalue weighted by Gasteiger charge is 2.50. The summed E-state index contributed by atoms with van der Waals surface area (Å²) in [4.78, 5) is 0.278. The Hall–Kier alpha value is -2.17. The first kappa shape index (κ1) is 15.7. The first-order valence-electron chi connectivity index (χ1n) is 7.48. The maximum atomic E-state index is 12.6. The number of aromatic nitrogens is 2. The summed E-state index contributed by atoms with van der Waals surface area (Å²) < 4.78 is 28.4. The van der Waals surface area contributed by atoms with E-state index in [1.165, 1.54) is 4.31 Å². The summed E-state index contributed by atoms with van der Waals surface area (Å²) in [6.45, 7) is 2.57. The Kier molecular flexibility index (Phi) is 3.96. The van der Waals surface area contributed by atoms with Crippen molar-refractivity contribution in [1.82, 2.24) is 14.1 Å². The van der Waals surface area contributed by atoms with Gasteiger partial charge in [0, 0.05) is 19.3 Å². The molecule has 1 aromatic heterocycles. The topological polar surface area (TPSA) is 79.0 Å². The molecule has 0 N–H and O–H groups in total. The molecule has 23 heavy (non-hydrogen) atoms. The fraction of sp³-hybridized carbons (Fsp3) is 0.375. The monoisotopic (exact) mass is 330 g/mol. The zero-order valence-corrected chi connectivity index (χ0v) is 13.7. The summed E-state index contributed by atoms with van der Waals surface area (Å²) in [6.07, 6.45) is 4.77. The zero-order valence-electron chi connectivity index (χ0n) is 12.9. The minimum atomic E-state index is -3.52. The van der Waals surface area contributed by atoms with E-state index < -0.39 is 15.6 Å². The molecule has 120 valence electrons. The average molecular weight is 330 g/mol. The van der Waals surface area contributed by atoms with Crippen LogP contribution in [0.5, 0.6) is 0 Å². The lowest BCUT2D eigenvalue weighted by molar-refractivity contribution is 0.0716. The lowest BCUT2D eigenvalue weighted by Crippen LogP contribution is -2.64. The first-order chi connectivity index (χ1) is 11.0. The smallest absolute Gasteiger partial charge is 0.243 e. The minimum absolute atomic E-state index is 0.235. The average Bonchev–Trinajstić information content (AvgIpc) is 3.00. The molecule has 0 saturated carbocycles. The van der Waals surface area contributed by atoms with Gasteiger partial charge in [0.15, 0.2) is 0 Å². The van der Waals surface area contributed by atoms with Crippen LogP contribution in [0.25, 0.3) is 0 Å². The molecule has 2 aromatic rings. The van der Waals surface area contributed by atoms with Gasteiger partial charge in [0.05, 0.1) is 23.6 Å². The van der Waals surface area contributed by atoms with Gasteiger partial charge >= 0.3 is 0 Å². The van der Waals surface area contributed by atoms with Crippen LogP contribution in [0, 0.1) is 11.3 Å². The maximum absolute atomic E-state index is 12.6. The van der Waals surface area contributed by atoms with Gasteiger partial charge in [0.25, 0.3) is 0 Å². The highest BCUT2D eigenvalue weighted by atomic mass is 32.2. The van der Waals surface area contributed by atoms with Gasteiger partial charge in [-0.1, -0.05) is 25.1 Å². The molecule has 1 aromatic carbocycles. The van der Waals surface area contributed by atoms with Crippen LogP contribution < -0.4 is 0 Å². The van der Waals surface area contributed by atoms with Gasteiger partial charge < -0.3 is 0 Å². The molecule has 0 spiro atoms. The van der Waals surface area contributed by atoms with Crippen molar-refractivity contribution < 1.29 is 8.42 Å². The molecular formula is C16H18N4O2S. The quantitative estimate of drug-likeness (QED) is 0.837. The van der Waals surface area contributed by atoms with Crippen molar-refractivity contribution in [1.29, 1.82) is 5.26 Å². The number of hydrogen-bond donors (Lipinski definition) is 0. The van der Waals surface area contributed by atoms with Gasteiger partial charge in [0.2, 0.25) is 10.0 Å². The molecule has 6 nitrogen and oxygen atoms in total. The van der Waals surface area contributed by atoms with Crippen molar-refractivity contribution in [3.8, 4) is 6.07 Å². The number of hydrogen-bond acceptors (Lipinski definition) is 4. The highest BCUT2D eigenvalue weighted by molar-refractivity contribution is 7.89. The standard InChI is InChI=1S/C16H18N4O2S/c1-2-14-10-18-20(11-14)16(8-9-17)12-19(13-16)23(21,22)15-6-4-3-5-7-15/h3-7,10-11H,2,8,12-13H2,1H3. The molecule has 2 heterocycles. The third-order valence-electron chi connectivity index (χ3n) is 4.26. The van der Waals surface area contributed by atoms with E-state index >= 15 is 0 Å². The summed E-state index contributed by atoms with van der Waals surface area (Å²) in [6, 6.07) is 10.5. The molecule has 0 bridgehead atoms. The van der Waals surface area contributed by atoms with Gasteiger partial charge in [-0.2, -0.15) is 14.7 Å². The van der Waals surface area contributed by atoms with Crippen molar-refractivity contribution >= 4 is 10.0 Å². The van der Waals surface area contributed by atoms with E-state index in [9.17, 15) is 8.42 Å². The van der Waals surface area contributed by atoms with Gasteiger partial charge in [-0.15, -0.1) is 0 Å². The highest BCUT2D eigenvalue weighted by Crippen LogP contribution is 2.36. The lowest BCUT2D eigenvalue weighted by atomic mass is 9.89. The van der Waals surface area contributed by atoms with Crippen LogP contribution in [0.4, 0.5) is 0 Å². The van der Waals surface area contributed by atoms with Crippen molar-refractivity contribution in [2.45, 2.75) is 30.2 Å². The third kappa shape index (κ3) is 2.64. The SMILES string of the molecule is CCc1cnn(C2(CC#N)CN(S(=O)(=O)c3ccccc3)C2)c1. The van der Waals surface area contributed by atoms with E-state index in [4.69, 9.17) is 5.26 Å². The summed E-state index contributed by atoms with van der Waals surface area (Å²) in [7, 11) is -3.52. The molecule has 1 fully saturated rings. The van der Waals surface area contributed by atoms with Crippen molar-refractivity contribution in [3.63, 3.8) is 0 Å². The molecule has 3 rings (SSSR count). The van der Waals surface area contributed by atoms with Crippen LogP contribution >= 0.6 is 0 Å². The Labute approximate surface area is 136 Å². The van der Waals surface area contributed by atoms with Gasteiger partial charge in [-0.25, -0.2) is 8.42 Å². The maximum Gasteiger partial charge on any atom is 0.243 e. The third-order valence-corrected chi connectivity index (χ3v) is 6.07. The molecule has 0 amide bonds. The number of nitrogens with zero attached hydrogens (tertiary/aromatic N) is 4. The zero-order chi connectivity index (χ0) is 16.5. The van der Waals surface area contributed by atoms with Gasteiger partial charge in [-0.3, -0.25) is 4.68 Å². The van der Waals surface area contributed by atoms with Crippen LogP contribution in [0.15, 0.2) is 47.6 Å². The number of nitriles is 1. The Balaban J connectivity index is 1.85. The number of sulfonamides is 1. The van der Waals surface area contributed by atoms with Gasteiger partial charge in [-0.05, 0) is 24.1 Å². The van der Waals surface area contributed by atoms with Gasteiger partial charge in [0.1, 0.15) is 5.54 Å². The lowest BCUT2D eigenvalue weighted by Gasteiger charge is -2.47. The van der Waals surface area contributed by atoms with Crippen molar-refractivity contribution in [2.75, 3.05) is 13.1 Å². The molecule has 1 aliphatic heterocycles. The van der Waals surface area contributed by atoms with Crippen LogP contribution in [0.2, 0.25) is 0 Å². The second-order valence-corrected chi connectivity index (χ2v) is 7.73. The minimum Gasteiger partial charge on any atom is -0.263 e. The summed E-state index contributed by atoms with van der Waals surface area (Å²) in [5.41, 5.74) is 0.510. The fourth-order valence-electron chi connectivity index (χ4n) is 2.81. The molecule has 1 aliphatic rings. The van der Waals surface area contributed by atoms with E-state index in [1.807, 2.05) is 13.1 Å². The van der Waals surface area contributed by atoms with E-state index in [2.05, 4.69) is 11.2 Å². The predicted octanol–water partition coefficient (Wildman–Crippen LogP) is 1.76. The number of aryl methyl sites for hydroxylation is 1. The predicted molar refractivity (Wildman–Crippen MR) is 85.0 cm³/mol. The summed E-state index contributed by atoms with van der Waals surface area (Å²) in [5, 5.41) is 13.5. The fourth-order valence-corrected chi connectivity index (χ4v) is 4.43. The molecule has 0 unspecified atom stereocenters. The van der Waals surface area contributed by atoms with Crippen LogP contribution in [0.3, 0.4) is 0 Å². The second-order valence-electron chi connectivity index (χ2n) is 5.79. The Morgan fingerprint density at radius 1 is 1.30 bits per heavy atom. The number of benzene rings is 1. The van der Waals surface area contributed by atoms with E-state index in [0.29, 0.717) is 0 Å². The van der Waals surface area contributed by atoms with E-state index in [0.717, 1.165) is 12.0 Å². The Morgan fingerprint density at radius 2 is 2.00 bits per heavy atom. The van der Waals surface area contributed by atoms with Crippen LogP contribution in [-0.2, 0) is 22.0 Å². The molecule has 0 radical (unpaired) electrons. The Morgan fingerprint density at radius 3 is 2.57 bits per heavy atom. The van der Waals surface area contributed by atoms with Crippen LogP contribution in [-0.4, -0.2) is 35.6 Å². The Bertz CT molecular complexity index is 830. The van der Waals surface area contributed by atoms with Crippen molar-refractivity contribution in [3.05, 3.63) is 48.3 Å². The van der Waals surface area contributed by atoms with Crippen molar-refractivity contribution in [2.24, 2.45) is 0 Å². The molecule has 7 heteroatoms. The van der Waals surface area contributed by atoms with E-state index in [1.54, 1.807) is 41.2 Å². The molecule has 0 aliphatic carbocycles. The van der Waals surface area contributed by atoms with E-state index in [-0.39, 0.29) is 24.4 Å². The summed E-state index contributed by atoms with van der Waals surface area (Å²) >= 11 is 0. The normalized spacial score (nSPS) is 17.4. The molecule has 0 atom stereocenters. The summed E-state index contributed by atoms with van der Waals surface area (Å²) in [5.74, 6) is 0.